The second-order valence-electron chi connectivity index (χ2n) is 6.58. The van der Waals surface area contributed by atoms with Crippen LogP contribution in [0.3, 0.4) is 0 Å². The van der Waals surface area contributed by atoms with Gasteiger partial charge in [-0.25, -0.2) is 4.98 Å². The fourth-order valence-corrected chi connectivity index (χ4v) is 3.92. The normalized spacial score (nSPS) is 17.5. The van der Waals surface area contributed by atoms with Gasteiger partial charge in [-0.2, -0.15) is 0 Å². The number of rotatable bonds is 7. The lowest BCUT2D eigenvalue weighted by molar-refractivity contribution is -0.131. The minimum Gasteiger partial charge on any atom is -0.454 e. The first-order chi connectivity index (χ1) is 13.2. The monoisotopic (exact) mass is 387 g/mol. The fraction of sp³-hybridized carbons (Fsp3) is 0.421. The molecule has 0 fully saturated rings. The smallest absolute Gasteiger partial charge is 0.264 e. The average molecular weight is 387 g/mol. The Morgan fingerprint density at radius 1 is 1.33 bits per heavy atom. The Bertz CT molecular complexity index is 864. The highest BCUT2D eigenvalue weighted by Crippen LogP contribution is 2.33. The molecule has 2 aromatic rings. The Morgan fingerprint density at radius 3 is 3.07 bits per heavy atom. The molecule has 0 saturated carbocycles. The predicted molar refractivity (Wildman–Crippen MR) is 101 cm³/mol. The van der Waals surface area contributed by atoms with Gasteiger partial charge in [-0.3, -0.25) is 4.79 Å². The predicted octanol–water partition coefficient (Wildman–Crippen LogP) is 2.62. The van der Waals surface area contributed by atoms with Gasteiger partial charge in [0, 0.05) is 24.3 Å². The number of nitrogens with one attached hydrogen (secondary N) is 1. The standard InChI is InChI=1S/C19H21N3O4S/c1-12-18(27-10-21-12)3-2-6-20-19(23)17-9-14(22-26-17)7-13-4-5-15-16(8-13)25-11-24-15/h4-5,8,10,17H,2-3,6-7,9,11H2,1H3,(H,20,23). The molecule has 142 valence electrons. The number of fused-ring (bicyclic) bond motifs is 1. The van der Waals surface area contributed by atoms with E-state index < -0.39 is 6.10 Å². The summed E-state index contributed by atoms with van der Waals surface area (Å²) in [6, 6.07) is 5.81. The van der Waals surface area contributed by atoms with Crippen molar-refractivity contribution in [2.45, 2.75) is 38.7 Å². The molecule has 3 heterocycles. The van der Waals surface area contributed by atoms with Crippen molar-refractivity contribution in [3.63, 3.8) is 0 Å². The zero-order chi connectivity index (χ0) is 18.6. The lowest BCUT2D eigenvalue weighted by Crippen LogP contribution is -2.35. The molecule has 1 atom stereocenters. The van der Waals surface area contributed by atoms with E-state index in [1.807, 2.05) is 30.6 Å². The van der Waals surface area contributed by atoms with Crippen molar-refractivity contribution >= 4 is 23.0 Å². The van der Waals surface area contributed by atoms with Crippen LogP contribution in [0.2, 0.25) is 0 Å². The maximum atomic E-state index is 12.3. The van der Waals surface area contributed by atoms with Gasteiger partial charge in [0.25, 0.3) is 5.91 Å². The van der Waals surface area contributed by atoms with Crippen LogP contribution in [0.5, 0.6) is 11.5 Å². The number of hydrogen-bond acceptors (Lipinski definition) is 7. The SMILES string of the molecule is Cc1ncsc1CCCNC(=O)C1CC(Cc2ccc3c(c2)OCO3)=NO1. The van der Waals surface area contributed by atoms with E-state index in [4.69, 9.17) is 14.3 Å². The zero-order valence-electron chi connectivity index (χ0n) is 15.1. The number of aromatic nitrogens is 1. The van der Waals surface area contributed by atoms with E-state index in [1.165, 1.54) is 4.88 Å². The van der Waals surface area contributed by atoms with E-state index in [9.17, 15) is 4.79 Å². The summed E-state index contributed by atoms with van der Waals surface area (Å²) in [5, 5.41) is 7.02. The van der Waals surface area contributed by atoms with Crippen LogP contribution in [-0.2, 0) is 22.5 Å². The van der Waals surface area contributed by atoms with Crippen molar-refractivity contribution in [1.29, 1.82) is 0 Å². The molecule has 0 saturated heterocycles. The van der Waals surface area contributed by atoms with Gasteiger partial charge < -0.3 is 19.6 Å². The third-order valence-electron chi connectivity index (χ3n) is 4.59. The number of amides is 1. The molecule has 8 heteroatoms. The number of aryl methyl sites for hydroxylation is 2. The maximum absolute atomic E-state index is 12.3. The molecule has 0 bridgehead atoms. The summed E-state index contributed by atoms with van der Waals surface area (Å²) in [5.74, 6) is 1.40. The van der Waals surface area contributed by atoms with Gasteiger partial charge in [0.15, 0.2) is 11.5 Å². The van der Waals surface area contributed by atoms with Crippen LogP contribution < -0.4 is 14.8 Å². The molecule has 7 nitrogen and oxygen atoms in total. The van der Waals surface area contributed by atoms with Crippen molar-refractivity contribution < 1.29 is 19.1 Å². The molecular formula is C19H21N3O4S. The maximum Gasteiger partial charge on any atom is 0.264 e. The van der Waals surface area contributed by atoms with Gasteiger partial charge in [0.05, 0.1) is 16.9 Å². The number of oxime groups is 1. The molecule has 1 aromatic heterocycles. The lowest BCUT2D eigenvalue weighted by atomic mass is 10.0. The van der Waals surface area contributed by atoms with E-state index in [0.717, 1.165) is 41.3 Å². The van der Waals surface area contributed by atoms with Gasteiger partial charge in [0.1, 0.15) is 0 Å². The summed E-state index contributed by atoms with van der Waals surface area (Å²) in [5.41, 5.74) is 4.85. The molecule has 27 heavy (non-hydrogen) atoms. The summed E-state index contributed by atoms with van der Waals surface area (Å²) in [4.78, 5) is 23.1. The number of benzene rings is 1. The third kappa shape index (κ3) is 4.21. The lowest BCUT2D eigenvalue weighted by Gasteiger charge is -2.09. The van der Waals surface area contributed by atoms with Crippen molar-refractivity contribution in [2.24, 2.45) is 5.16 Å². The highest BCUT2D eigenvalue weighted by Gasteiger charge is 2.28. The molecule has 1 N–H and O–H groups in total. The first-order valence-electron chi connectivity index (χ1n) is 8.96. The van der Waals surface area contributed by atoms with Gasteiger partial charge in [-0.1, -0.05) is 11.2 Å². The molecule has 0 radical (unpaired) electrons. The van der Waals surface area contributed by atoms with Crippen molar-refractivity contribution in [3.8, 4) is 11.5 Å². The first-order valence-corrected chi connectivity index (χ1v) is 9.84. The molecule has 0 spiro atoms. The zero-order valence-corrected chi connectivity index (χ0v) is 15.9. The minimum absolute atomic E-state index is 0.111. The summed E-state index contributed by atoms with van der Waals surface area (Å²) in [6.45, 7) is 2.89. The number of carbonyl (C=O) groups excluding carboxylic acids is 1. The van der Waals surface area contributed by atoms with Crippen molar-refractivity contribution in [2.75, 3.05) is 13.3 Å². The van der Waals surface area contributed by atoms with E-state index >= 15 is 0 Å². The molecular weight excluding hydrogens is 366 g/mol. The molecule has 1 unspecified atom stereocenters. The highest BCUT2D eigenvalue weighted by atomic mass is 32.1. The summed E-state index contributed by atoms with van der Waals surface area (Å²) >= 11 is 1.66. The largest absolute Gasteiger partial charge is 0.454 e. The van der Waals surface area contributed by atoms with E-state index in [-0.39, 0.29) is 12.7 Å². The van der Waals surface area contributed by atoms with Crippen LogP contribution in [0, 0.1) is 6.92 Å². The number of ether oxygens (including phenoxy) is 2. The fourth-order valence-electron chi connectivity index (χ4n) is 3.10. The van der Waals surface area contributed by atoms with E-state index in [0.29, 0.717) is 19.4 Å². The third-order valence-corrected chi connectivity index (χ3v) is 5.59. The Hall–Kier alpha value is -2.61. The van der Waals surface area contributed by atoms with E-state index in [1.54, 1.807) is 11.3 Å². The molecule has 2 aliphatic rings. The summed E-state index contributed by atoms with van der Waals surface area (Å²) < 4.78 is 10.7. The Balaban J connectivity index is 1.20. The molecule has 1 amide bonds. The van der Waals surface area contributed by atoms with E-state index in [2.05, 4.69) is 15.5 Å². The van der Waals surface area contributed by atoms with Gasteiger partial charge in [0.2, 0.25) is 12.9 Å². The highest BCUT2D eigenvalue weighted by molar-refractivity contribution is 7.09. The number of nitrogens with zero attached hydrogens (tertiary/aromatic N) is 2. The Labute approximate surface area is 161 Å². The topological polar surface area (TPSA) is 82.0 Å². The van der Waals surface area contributed by atoms with Crippen LogP contribution in [0.15, 0.2) is 28.9 Å². The van der Waals surface area contributed by atoms with Crippen molar-refractivity contribution in [1.82, 2.24) is 10.3 Å². The van der Waals surface area contributed by atoms with Crippen LogP contribution in [-0.4, -0.2) is 36.0 Å². The van der Waals surface area contributed by atoms with Crippen LogP contribution in [0.25, 0.3) is 0 Å². The second-order valence-corrected chi connectivity index (χ2v) is 7.51. The van der Waals surface area contributed by atoms with Crippen LogP contribution in [0.1, 0.15) is 29.0 Å². The number of hydrogen-bond donors (Lipinski definition) is 1. The van der Waals surface area contributed by atoms with Crippen LogP contribution >= 0.6 is 11.3 Å². The quantitative estimate of drug-likeness (QED) is 0.739. The van der Waals surface area contributed by atoms with Gasteiger partial charge in [-0.05, 0) is 37.5 Å². The minimum atomic E-state index is -0.542. The number of thiazole rings is 1. The second kappa shape index (κ2) is 7.96. The molecule has 2 aliphatic heterocycles. The number of carbonyl (C=O) groups is 1. The molecule has 4 rings (SSSR count). The Kier molecular flexibility index (Phi) is 5.24. The average Bonchev–Trinajstić information content (AvgIpc) is 3.40. The van der Waals surface area contributed by atoms with Crippen LogP contribution in [0.4, 0.5) is 0 Å². The van der Waals surface area contributed by atoms with Crippen molar-refractivity contribution in [3.05, 3.63) is 39.8 Å². The Morgan fingerprint density at radius 2 is 2.22 bits per heavy atom. The van der Waals surface area contributed by atoms with Gasteiger partial charge >= 0.3 is 0 Å². The summed E-state index contributed by atoms with van der Waals surface area (Å²) in [7, 11) is 0. The first kappa shape index (κ1) is 17.8. The molecule has 1 aromatic carbocycles. The van der Waals surface area contributed by atoms with Gasteiger partial charge in [-0.15, -0.1) is 11.3 Å². The molecule has 0 aliphatic carbocycles. The summed E-state index contributed by atoms with van der Waals surface area (Å²) in [6.07, 6.45) is 2.40.